The molecule has 1 aromatic carbocycles. The Hall–Kier alpha value is -2.01. The molecule has 0 N–H and O–H groups in total. The first-order valence-electron chi connectivity index (χ1n) is 4.83. The van der Waals surface area contributed by atoms with E-state index in [-0.39, 0.29) is 5.82 Å². The zero-order chi connectivity index (χ0) is 12.3. The van der Waals surface area contributed by atoms with Crippen LogP contribution in [0.1, 0.15) is 4.88 Å². The van der Waals surface area contributed by atoms with Crippen LogP contribution < -0.4 is 0 Å². The summed E-state index contributed by atoms with van der Waals surface area (Å²) in [4.78, 5) is 11.1. The molecule has 0 unspecified atom stereocenters. The molecule has 0 spiro atoms. The molecule has 0 radical (unpaired) electrons. The Morgan fingerprint density at radius 2 is 2.00 bits per heavy atom. The second kappa shape index (κ2) is 4.88. The molecule has 0 amide bonds. The van der Waals surface area contributed by atoms with E-state index in [1.807, 2.05) is 0 Å². The summed E-state index contributed by atoms with van der Waals surface area (Å²) in [5, 5.41) is 10.2. The van der Waals surface area contributed by atoms with E-state index in [4.69, 9.17) is 0 Å². The lowest BCUT2D eigenvalue weighted by molar-refractivity contribution is -0.400. The van der Waals surface area contributed by atoms with Gasteiger partial charge in [-0.1, -0.05) is 18.2 Å². The molecule has 86 valence electrons. The summed E-state index contributed by atoms with van der Waals surface area (Å²) in [6.45, 7) is 0. The van der Waals surface area contributed by atoms with Crippen LogP contribution >= 0.6 is 11.3 Å². The topological polar surface area (TPSA) is 43.1 Å². The summed E-state index contributed by atoms with van der Waals surface area (Å²) in [7, 11) is 0. The van der Waals surface area contributed by atoms with Gasteiger partial charge in [0.15, 0.2) is 0 Å². The minimum absolute atomic E-state index is 0.292. The van der Waals surface area contributed by atoms with E-state index in [0.29, 0.717) is 5.56 Å². The number of hydrogen-bond donors (Lipinski definition) is 0. The molecular formula is C12H8FNO2S. The molecule has 0 saturated carbocycles. The zero-order valence-electron chi connectivity index (χ0n) is 8.67. The van der Waals surface area contributed by atoms with Gasteiger partial charge in [-0.3, -0.25) is 10.1 Å². The lowest BCUT2D eigenvalue weighted by Gasteiger charge is -1.97. The molecule has 2 rings (SSSR count). The van der Waals surface area contributed by atoms with Gasteiger partial charge < -0.3 is 0 Å². The predicted octanol–water partition coefficient (Wildman–Crippen LogP) is 3.80. The molecule has 2 aromatic rings. The first-order chi connectivity index (χ1) is 8.16. The molecule has 5 heteroatoms. The number of rotatable bonds is 3. The van der Waals surface area contributed by atoms with Crippen LogP contribution in [0.2, 0.25) is 0 Å². The van der Waals surface area contributed by atoms with Crippen LogP contribution in [-0.2, 0) is 0 Å². The standard InChI is InChI=1S/C12H8FNO2S/c13-11-4-2-1-3-10(11)12-6-5-9(17-12)7-8-14(15)16/h1-8H/b8-7+. The minimum atomic E-state index is -0.525. The summed E-state index contributed by atoms with van der Waals surface area (Å²) < 4.78 is 13.5. The van der Waals surface area contributed by atoms with E-state index >= 15 is 0 Å². The van der Waals surface area contributed by atoms with Crippen molar-refractivity contribution in [3.8, 4) is 10.4 Å². The van der Waals surface area contributed by atoms with Crippen molar-refractivity contribution >= 4 is 17.4 Å². The average Bonchev–Trinajstić information content (AvgIpc) is 2.75. The summed E-state index contributed by atoms with van der Waals surface area (Å²) >= 11 is 1.31. The third-order valence-electron chi connectivity index (χ3n) is 2.13. The fraction of sp³-hybridized carbons (Fsp3) is 0. The maximum Gasteiger partial charge on any atom is 0.235 e. The van der Waals surface area contributed by atoms with Crippen LogP contribution in [0.25, 0.3) is 16.5 Å². The largest absolute Gasteiger partial charge is 0.259 e. The molecule has 0 bridgehead atoms. The average molecular weight is 249 g/mol. The first kappa shape index (κ1) is 11.5. The lowest BCUT2D eigenvalue weighted by Crippen LogP contribution is -1.80. The lowest BCUT2D eigenvalue weighted by atomic mass is 10.2. The van der Waals surface area contributed by atoms with Crippen molar-refractivity contribution in [3.05, 3.63) is 63.4 Å². The Labute approximate surface area is 101 Å². The fourth-order valence-corrected chi connectivity index (χ4v) is 2.31. The summed E-state index contributed by atoms with van der Waals surface area (Å²) in [5.41, 5.74) is 0.512. The third kappa shape index (κ3) is 2.76. The van der Waals surface area contributed by atoms with Gasteiger partial charge in [0.1, 0.15) is 5.82 Å². The van der Waals surface area contributed by atoms with Gasteiger partial charge in [0, 0.05) is 21.4 Å². The van der Waals surface area contributed by atoms with Crippen molar-refractivity contribution in [1.82, 2.24) is 0 Å². The zero-order valence-corrected chi connectivity index (χ0v) is 9.49. The van der Waals surface area contributed by atoms with E-state index in [9.17, 15) is 14.5 Å². The summed E-state index contributed by atoms with van der Waals surface area (Å²) in [5.74, 6) is -0.292. The molecule has 0 saturated heterocycles. The SMILES string of the molecule is O=[N+]([O-])/C=C/c1ccc(-c2ccccc2F)s1. The van der Waals surface area contributed by atoms with Gasteiger partial charge in [0.25, 0.3) is 0 Å². The van der Waals surface area contributed by atoms with E-state index in [2.05, 4.69) is 0 Å². The van der Waals surface area contributed by atoms with Crippen molar-refractivity contribution in [2.24, 2.45) is 0 Å². The maximum atomic E-state index is 13.5. The van der Waals surface area contributed by atoms with Crippen molar-refractivity contribution in [3.63, 3.8) is 0 Å². The normalized spacial score (nSPS) is 10.9. The van der Waals surface area contributed by atoms with Crippen LogP contribution in [0, 0.1) is 15.9 Å². The van der Waals surface area contributed by atoms with E-state index in [1.165, 1.54) is 23.5 Å². The Kier molecular flexibility index (Phi) is 3.30. The quantitative estimate of drug-likeness (QED) is 0.613. The highest BCUT2D eigenvalue weighted by Gasteiger charge is 2.06. The number of benzene rings is 1. The number of thiophene rings is 1. The van der Waals surface area contributed by atoms with Gasteiger partial charge in [-0.05, 0) is 18.2 Å². The van der Waals surface area contributed by atoms with Gasteiger partial charge in [0.2, 0.25) is 6.20 Å². The van der Waals surface area contributed by atoms with Crippen LogP contribution in [0.15, 0.2) is 42.6 Å². The number of hydrogen-bond acceptors (Lipinski definition) is 3. The number of nitrogens with zero attached hydrogens (tertiary/aromatic N) is 1. The first-order valence-corrected chi connectivity index (χ1v) is 5.65. The second-order valence-corrected chi connectivity index (χ2v) is 4.40. The highest BCUT2D eigenvalue weighted by molar-refractivity contribution is 7.16. The Bertz CT molecular complexity index is 577. The van der Waals surface area contributed by atoms with E-state index < -0.39 is 4.92 Å². The van der Waals surface area contributed by atoms with Gasteiger partial charge >= 0.3 is 0 Å². The minimum Gasteiger partial charge on any atom is -0.259 e. The monoisotopic (exact) mass is 249 g/mol. The molecule has 0 atom stereocenters. The Balaban J connectivity index is 2.30. The number of halogens is 1. The predicted molar refractivity (Wildman–Crippen MR) is 65.7 cm³/mol. The van der Waals surface area contributed by atoms with Crippen molar-refractivity contribution in [2.45, 2.75) is 0 Å². The van der Waals surface area contributed by atoms with Crippen molar-refractivity contribution in [1.29, 1.82) is 0 Å². The molecule has 1 heterocycles. The van der Waals surface area contributed by atoms with Gasteiger partial charge in [-0.25, -0.2) is 4.39 Å². The van der Waals surface area contributed by atoms with Gasteiger partial charge in [0.05, 0.1) is 4.92 Å². The molecule has 17 heavy (non-hydrogen) atoms. The van der Waals surface area contributed by atoms with Gasteiger partial charge in [-0.15, -0.1) is 11.3 Å². The smallest absolute Gasteiger partial charge is 0.235 e. The summed E-state index contributed by atoms with van der Waals surface area (Å²) in [6.07, 6.45) is 2.27. The third-order valence-corrected chi connectivity index (χ3v) is 3.21. The van der Waals surface area contributed by atoms with Crippen LogP contribution in [0.5, 0.6) is 0 Å². The van der Waals surface area contributed by atoms with E-state index in [1.54, 1.807) is 30.3 Å². The molecular weight excluding hydrogens is 241 g/mol. The van der Waals surface area contributed by atoms with Crippen LogP contribution in [0.3, 0.4) is 0 Å². The van der Waals surface area contributed by atoms with Crippen LogP contribution in [-0.4, -0.2) is 4.92 Å². The highest BCUT2D eigenvalue weighted by Crippen LogP contribution is 2.30. The molecule has 3 nitrogen and oxygen atoms in total. The molecule has 0 aliphatic heterocycles. The Morgan fingerprint density at radius 1 is 1.24 bits per heavy atom. The maximum absolute atomic E-state index is 13.5. The summed E-state index contributed by atoms with van der Waals surface area (Å²) in [6, 6.07) is 9.93. The number of nitro groups is 1. The van der Waals surface area contributed by atoms with Crippen molar-refractivity contribution < 1.29 is 9.31 Å². The molecule has 1 aromatic heterocycles. The fourth-order valence-electron chi connectivity index (χ4n) is 1.38. The van der Waals surface area contributed by atoms with Crippen molar-refractivity contribution in [2.75, 3.05) is 0 Å². The Morgan fingerprint density at radius 3 is 2.71 bits per heavy atom. The van der Waals surface area contributed by atoms with E-state index in [0.717, 1.165) is 16.0 Å². The van der Waals surface area contributed by atoms with Crippen LogP contribution in [0.4, 0.5) is 4.39 Å². The molecule has 0 aliphatic rings. The highest BCUT2D eigenvalue weighted by atomic mass is 32.1. The van der Waals surface area contributed by atoms with Gasteiger partial charge in [-0.2, -0.15) is 0 Å². The molecule has 0 fully saturated rings. The second-order valence-electron chi connectivity index (χ2n) is 3.28. The molecule has 0 aliphatic carbocycles.